The SMILES string of the molecule is CCCOC(=O)c1ccc(OC[C@@H](O)Cn2cnc3ccccc32)cc1. The molecule has 0 bridgehead atoms. The van der Waals surface area contributed by atoms with Gasteiger partial charge in [-0.1, -0.05) is 19.1 Å². The van der Waals surface area contributed by atoms with Crippen LogP contribution in [-0.4, -0.2) is 39.9 Å². The maximum Gasteiger partial charge on any atom is 0.338 e. The van der Waals surface area contributed by atoms with Crippen molar-refractivity contribution in [2.45, 2.75) is 26.0 Å². The molecule has 3 rings (SSSR count). The number of para-hydroxylation sites is 2. The van der Waals surface area contributed by atoms with Crippen LogP contribution in [-0.2, 0) is 11.3 Å². The minimum Gasteiger partial charge on any atom is -0.491 e. The van der Waals surface area contributed by atoms with Gasteiger partial charge in [0, 0.05) is 0 Å². The minimum atomic E-state index is -0.679. The number of fused-ring (bicyclic) bond motifs is 1. The molecule has 136 valence electrons. The predicted molar refractivity (Wildman–Crippen MR) is 98.3 cm³/mol. The number of nitrogens with zero attached hydrogens (tertiary/aromatic N) is 2. The first kappa shape index (κ1) is 17.9. The molecule has 0 spiro atoms. The lowest BCUT2D eigenvalue weighted by Gasteiger charge is -2.14. The second kappa shape index (κ2) is 8.49. The first-order valence-corrected chi connectivity index (χ1v) is 8.65. The zero-order valence-corrected chi connectivity index (χ0v) is 14.7. The lowest BCUT2D eigenvalue weighted by Crippen LogP contribution is -2.23. The number of aromatic nitrogens is 2. The maximum absolute atomic E-state index is 11.8. The molecule has 0 fully saturated rings. The number of rotatable bonds is 8. The largest absolute Gasteiger partial charge is 0.491 e. The molecule has 6 heteroatoms. The number of carbonyl (C=O) groups excluding carboxylic acids is 1. The van der Waals surface area contributed by atoms with E-state index < -0.39 is 6.10 Å². The molecule has 1 N–H and O–H groups in total. The highest BCUT2D eigenvalue weighted by Gasteiger charge is 2.10. The van der Waals surface area contributed by atoms with Crippen LogP contribution >= 0.6 is 0 Å². The molecule has 1 atom stereocenters. The molecule has 0 aliphatic rings. The fourth-order valence-electron chi connectivity index (χ4n) is 2.59. The van der Waals surface area contributed by atoms with Gasteiger partial charge in [0.1, 0.15) is 18.5 Å². The molecule has 0 unspecified atom stereocenters. The molecule has 0 amide bonds. The van der Waals surface area contributed by atoms with Crippen molar-refractivity contribution in [2.75, 3.05) is 13.2 Å². The average molecular weight is 354 g/mol. The quantitative estimate of drug-likeness (QED) is 0.630. The topological polar surface area (TPSA) is 73.6 Å². The first-order valence-electron chi connectivity index (χ1n) is 8.65. The molecule has 6 nitrogen and oxygen atoms in total. The second-order valence-corrected chi connectivity index (χ2v) is 6.01. The maximum atomic E-state index is 11.8. The second-order valence-electron chi connectivity index (χ2n) is 6.01. The third-order valence-electron chi connectivity index (χ3n) is 3.90. The number of aliphatic hydroxyl groups is 1. The Kier molecular flexibility index (Phi) is 5.86. The Morgan fingerprint density at radius 2 is 1.96 bits per heavy atom. The number of carbonyl (C=O) groups is 1. The molecule has 0 aliphatic heterocycles. The number of esters is 1. The summed E-state index contributed by atoms with van der Waals surface area (Å²) in [6.45, 7) is 2.89. The van der Waals surface area contributed by atoms with Gasteiger partial charge in [0.25, 0.3) is 0 Å². The normalized spacial score (nSPS) is 12.1. The van der Waals surface area contributed by atoms with Gasteiger partial charge in [-0.2, -0.15) is 0 Å². The van der Waals surface area contributed by atoms with Crippen LogP contribution in [0.1, 0.15) is 23.7 Å². The van der Waals surface area contributed by atoms with Crippen LogP contribution in [0, 0.1) is 0 Å². The van der Waals surface area contributed by atoms with Crippen molar-refractivity contribution in [1.82, 2.24) is 9.55 Å². The fraction of sp³-hybridized carbons (Fsp3) is 0.300. The Labute approximate surface area is 152 Å². The lowest BCUT2D eigenvalue weighted by molar-refractivity contribution is 0.0505. The van der Waals surface area contributed by atoms with E-state index in [0.29, 0.717) is 24.5 Å². The average Bonchev–Trinajstić information content (AvgIpc) is 3.08. The number of hydrogen-bond acceptors (Lipinski definition) is 5. The summed E-state index contributed by atoms with van der Waals surface area (Å²) < 4.78 is 12.6. The molecular formula is C20H22N2O4. The van der Waals surface area contributed by atoms with E-state index in [2.05, 4.69) is 4.98 Å². The number of hydrogen-bond donors (Lipinski definition) is 1. The van der Waals surface area contributed by atoms with Crippen molar-refractivity contribution in [3.8, 4) is 5.75 Å². The fourth-order valence-corrected chi connectivity index (χ4v) is 2.59. The van der Waals surface area contributed by atoms with Gasteiger partial charge < -0.3 is 19.1 Å². The number of ether oxygens (including phenoxy) is 2. The number of benzene rings is 2. The Bertz CT molecular complexity index is 858. The summed E-state index contributed by atoms with van der Waals surface area (Å²) in [5.41, 5.74) is 2.35. The third kappa shape index (κ3) is 4.40. The molecule has 3 aromatic rings. The van der Waals surface area contributed by atoms with Gasteiger partial charge in [0.05, 0.1) is 36.1 Å². The standard InChI is InChI=1S/C20H22N2O4/c1-2-11-25-20(24)15-7-9-17(10-8-15)26-13-16(23)12-22-14-21-18-5-3-4-6-19(18)22/h3-10,14,16,23H,2,11-13H2,1H3/t16-/m0/s1. The summed E-state index contributed by atoms with van der Waals surface area (Å²) in [6.07, 6.45) is 1.82. The zero-order valence-electron chi connectivity index (χ0n) is 14.7. The summed E-state index contributed by atoms with van der Waals surface area (Å²) in [5.74, 6) is 0.247. The molecular weight excluding hydrogens is 332 g/mol. The van der Waals surface area contributed by atoms with Crippen molar-refractivity contribution in [3.05, 3.63) is 60.4 Å². The zero-order chi connectivity index (χ0) is 18.4. The molecule has 1 aromatic heterocycles. The monoisotopic (exact) mass is 354 g/mol. The van der Waals surface area contributed by atoms with Gasteiger partial charge in [-0.25, -0.2) is 9.78 Å². The van der Waals surface area contributed by atoms with E-state index in [1.165, 1.54) is 0 Å². The summed E-state index contributed by atoms with van der Waals surface area (Å²) in [7, 11) is 0. The summed E-state index contributed by atoms with van der Waals surface area (Å²) in [4.78, 5) is 16.1. The molecule has 0 aliphatic carbocycles. The highest BCUT2D eigenvalue weighted by molar-refractivity contribution is 5.89. The van der Waals surface area contributed by atoms with E-state index in [1.54, 1.807) is 30.6 Å². The summed E-state index contributed by atoms with van der Waals surface area (Å²) in [6, 6.07) is 14.5. The van der Waals surface area contributed by atoms with E-state index in [-0.39, 0.29) is 12.6 Å². The van der Waals surface area contributed by atoms with Crippen LogP contribution in [0.5, 0.6) is 5.75 Å². The minimum absolute atomic E-state index is 0.145. The van der Waals surface area contributed by atoms with Gasteiger partial charge in [-0.3, -0.25) is 0 Å². The van der Waals surface area contributed by atoms with Gasteiger partial charge in [-0.15, -0.1) is 0 Å². The van der Waals surface area contributed by atoms with Crippen molar-refractivity contribution in [3.63, 3.8) is 0 Å². The van der Waals surface area contributed by atoms with E-state index in [4.69, 9.17) is 9.47 Å². The van der Waals surface area contributed by atoms with Crippen LogP contribution in [0.4, 0.5) is 0 Å². The van der Waals surface area contributed by atoms with Crippen molar-refractivity contribution in [2.24, 2.45) is 0 Å². The van der Waals surface area contributed by atoms with E-state index >= 15 is 0 Å². The van der Waals surface area contributed by atoms with E-state index in [1.807, 2.05) is 35.8 Å². The Morgan fingerprint density at radius 3 is 2.73 bits per heavy atom. The predicted octanol–water partition coefficient (Wildman–Crippen LogP) is 3.04. The van der Waals surface area contributed by atoms with Gasteiger partial charge >= 0.3 is 5.97 Å². The molecule has 26 heavy (non-hydrogen) atoms. The smallest absolute Gasteiger partial charge is 0.338 e. The van der Waals surface area contributed by atoms with Crippen LogP contribution in [0.15, 0.2) is 54.9 Å². The van der Waals surface area contributed by atoms with E-state index in [9.17, 15) is 9.90 Å². The van der Waals surface area contributed by atoms with Crippen LogP contribution in [0.25, 0.3) is 11.0 Å². The molecule has 0 saturated heterocycles. The summed E-state index contributed by atoms with van der Waals surface area (Å²) >= 11 is 0. The van der Waals surface area contributed by atoms with Crippen molar-refractivity contribution < 1.29 is 19.4 Å². The molecule has 0 saturated carbocycles. The Balaban J connectivity index is 1.52. The Hall–Kier alpha value is -2.86. The molecule has 2 aromatic carbocycles. The van der Waals surface area contributed by atoms with E-state index in [0.717, 1.165) is 17.5 Å². The van der Waals surface area contributed by atoms with Gasteiger partial charge in [0.15, 0.2) is 0 Å². The van der Waals surface area contributed by atoms with Crippen molar-refractivity contribution in [1.29, 1.82) is 0 Å². The van der Waals surface area contributed by atoms with Crippen LogP contribution in [0.2, 0.25) is 0 Å². The number of imidazole rings is 1. The lowest BCUT2D eigenvalue weighted by atomic mass is 10.2. The van der Waals surface area contributed by atoms with Crippen LogP contribution < -0.4 is 4.74 Å². The first-order chi connectivity index (χ1) is 12.7. The number of aliphatic hydroxyl groups excluding tert-OH is 1. The van der Waals surface area contributed by atoms with Crippen LogP contribution in [0.3, 0.4) is 0 Å². The molecule has 1 heterocycles. The molecule has 0 radical (unpaired) electrons. The summed E-state index contributed by atoms with van der Waals surface area (Å²) in [5, 5.41) is 10.2. The third-order valence-corrected chi connectivity index (χ3v) is 3.90. The van der Waals surface area contributed by atoms with Gasteiger partial charge in [0.2, 0.25) is 0 Å². The highest BCUT2D eigenvalue weighted by Crippen LogP contribution is 2.15. The van der Waals surface area contributed by atoms with Crippen molar-refractivity contribution >= 4 is 17.0 Å². The Morgan fingerprint density at radius 1 is 1.19 bits per heavy atom. The van der Waals surface area contributed by atoms with Gasteiger partial charge in [-0.05, 0) is 42.8 Å². The highest BCUT2D eigenvalue weighted by atomic mass is 16.5.